The lowest BCUT2D eigenvalue weighted by molar-refractivity contribution is 0.957. The summed E-state index contributed by atoms with van der Waals surface area (Å²) in [6.45, 7) is 0. The molecule has 2 heterocycles. The molecule has 0 saturated carbocycles. The summed E-state index contributed by atoms with van der Waals surface area (Å²) in [6.07, 6.45) is 2.15. The molecule has 0 atom stereocenters. The molecule has 0 fully saturated rings. The van der Waals surface area contributed by atoms with Crippen LogP contribution in [0.2, 0.25) is 0 Å². The van der Waals surface area contributed by atoms with Crippen LogP contribution in [0, 0.1) is 11.3 Å². The van der Waals surface area contributed by atoms with Crippen LogP contribution in [0.25, 0.3) is 5.65 Å². The zero-order valence-electron chi connectivity index (χ0n) is 6.31. The van der Waals surface area contributed by atoms with E-state index in [0.717, 1.165) is 5.65 Å². The van der Waals surface area contributed by atoms with Crippen LogP contribution < -0.4 is 0 Å². The third kappa shape index (κ3) is 0.920. The number of hydrogen-bond acceptors (Lipinski definition) is 3. The van der Waals surface area contributed by atoms with E-state index in [9.17, 15) is 0 Å². The van der Waals surface area contributed by atoms with Gasteiger partial charge in [0.25, 0.3) is 0 Å². The lowest BCUT2D eigenvalue weighted by Crippen LogP contribution is -1.91. The molecule has 0 amide bonds. The number of aromatic nitrogens is 3. The van der Waals surface area contributed by atoms with Crippen molar-refractivity contribution in [2.24, 2.45) is 0 Å². The monoisotopic (exact) mass is 158 g/mol. The number of nitrogens with zero attached hydrogens (tertiary/aromatic N) is 4. The molecule has 4 nitrogen and oxygen atoms in total. The minimum absolute atomic E-state index is 0.297. The fourth-order valence-electron chi connectivity index (χ4n) is 1.08. The Kier molecular flexibility index (Phi) is 1.49. The Bertz CT molecular complexity index is 437. The molecular weight excluding hydrogens is 152 g/mol. The Morgan fingerprint density at radius 1 is 1.42 bits per heavy atom. The van der Waals surface area contributed by atoms with Crippen LogP contribution in [0.5, 0.6) is 0 Å². The summed E-state index contributed by atoms with van der Waals surface area (Å²) >= 11 is 0. The van der Waals surface area contributed by atoms with Crippen molar-refractivity contribution in [2.45, 2.75) is 6.42 Å². The molecule has 0 aliphatic carbocycles. The van der Waals surface area contributed by atoms with Crippen LogP contribution in [-0.4, -0.2) is 14.6 Å². The molecule has 0 spiro atoms. The highest BCUT2D eigenvalue weighted by Crippen LogP contribution is 2.02. The first-order valence-corrected chi connectivity index (χ1v) is 3.57. The molecule has 2 rings (SSSR count). The van der Waals surface area contributed by atoms with Gasteiger partial charge in [-0.3, -0.25) is 4.40 Å². The van der Waals surface area contributed by atoms with Crippen molar-refractivity contribution in [3.8, 4) is 6.07 Å². The van der Waals surface area contributed by atoms with E-state index in [1.165, 1.54) is 0 Å². The molecule has 0 aromatic carbocycles. The molecule has 0 saturated heterocycles. The second-order valence-electron chi connectivity index (χ2n) is 2.38. The van der Waals surface area contributed by atoms with Gasteiger partial charge >= 0.3 is 0 Å². The summed E-state index contributed by atoms with van der Waals surface area (Å²) in [5.74, 6) is 0.688. The highest BCUT2D eigenvalue weighted by molar-refractivity contribution is 5.37. The van der Waals surface area contributed by atoms with Crippen molar-refractivity contribution < 1.29 is 0 Å². The molecule has 0 aliphatic heterocycles. The fraction of sp³-hybridized carbons (Fsp3) is 0.125. The van der Waals surface area contributed by atoms with Crippen LogP contribution in [0.15, 0.2) is 24.4 Å². The molecule has 2 aromatic heterocycles. The van der Waals surface area contributed by atoms with Gasteiger partial charge < -0.3 is 0 Å². The standard InChI is InChI=1S/C8H6N4/c9-5-4-8-11-10-7-3-1-2-6-12(7)8/h1-3,6H,4H2. The zero-order chi connectivity index (χ0) is 8.39. The van der Waals surface area contributed by atoms with E-state index in [4.69, 9.17) is 5.26 Å². The van der Waals surface area contributed by atoms with E-state index in [-0.39, 0.29) is 0 Å². The Hall–Kier alpha value is -1.89. The predicted molar refractivity (Wildman–Crippen MR) is 42.3 cm³/mol. The van der Waals surface area contributed by atoms with Gasteiger partial charge in [-0.25, -0.2) is 0 Å². The number of rotatable bonds is 1. The number of hydrogen-bond donors (Lipinski definition) is 0. The summed E-state index contributed by atoms with van der Waals surface area (Å²) in [6, 6.07) is 7.67. The maximum atomic E-state index is 8.47. The van der Waals surface area contributed by atoms with Crippen molar-refractivity contribution >= 4 is 5.65 Å². The Balaban J connectivity index is 2.64. The fourth-order valence-corrected chi connectivity index (χ4v) is 1.08. The van der Waals surface area contributed by atoms with Crippen LogP contribution >= 0.6 is 0 Å². The molecule has 0 aliphatic rings. The van der Waals surface area contributed by atoms with Gasteiger partial charge in [0.2, 0.25) is 0 Å². The molecule has 4 heteroatoms. The van der Waals surface area contributed by atoms with Crippen LogP contribution in [0.1, 0.15) is 5.82 Å². The zero-order valence-corrected chi connectivity index (χ0v) is 6.31. The minimum Gasteiger partial charge on any atom is -0.286 e. The van der Waals surface area contributed by atoms with E-state index in [1.54, 1.807) is 0 Å². The summed E-state index contributed by atoms with van der Waals surface area (Å²) in [7, 11) is 0. The van der Waals surface area contributed by atoms with Crippen molar-refractivity contribution in [3.05, 3.63) is 30.2 Å². The van der Waals surface area contributed by atoms with E-state index in [2.05, 4.69) is 10.2 Å². The molecular formula is C8H6N4. The number of nitriles is 1. The Morgan fingerprint density at radius 2 is 2.33 bits per heavy atom. The second kappa shape index (κ2) is 2.62. The lowest BCUT2D eigenvalue weighted by Gasteiger charge is -1.91. The largest absolute Gasteiger partial charge is 0.286 e. The van der Waals surface area contributed by atoms with Crippen molar-refractivity contribution in [1.82, 2.24) is 14.6 Å². The second-order valence-corrected chi connectivity index (χ2v) is 2.38. The molecule has 0 radical (unpaired) electrons. The molecule has 0 bridgehead atoms. The molecule has 0 unspecified atom stereocenters. The maximum Gasteiger partial charge on any atom is 0.160 e. The van der Waals surface area contributed by atoms with Gasteiger partial charge in [0, 0.05) is 6.20 Å². The van der Waals surface area contributed by atoms with Crippen molar-refractivity contribution in [3.63, 3.8) is 0 Å². The maximum absolute atomic E-state index is 8.47. The molecule has 58 valence electrons. The normalized spacial score (nSPS) is 9.92. The van der Waals surface area contributed by atoms with Gasteiger partial charge in [-0.05, 0) is 12.1 Å². The third-order valence-electron chi connectivity index (χ3n) is 1.62. The lowest BCUT2D eigenvalue weighted by atomic mass is 10.4. The summed E-state index contributed by atoms with van der Waals surface area (Å²) in [5.41, 5.74) is 0.780. The van der Waals surface area contributed by atoms with Crippen LogP contribution in [0.3, 0.4) is 0 Å². The molecule has 0 N–H and O–H groups in total. The van der Waals surface area contributed by atoms with Gasteiger partial charge in [0.1, 0.15) is 0 Å². The Morgan fingerprint density at radius 3 is 3.17 bits per heavy atom. The smallest absolute Gasteiger partial charge is 0.160 e. The van der Waals surface area contributed by atoms with E-state index in [1.807, 2.05) is 34.9 Å². The quantitative estimate of drug-likeness (QED) is 0.616. The van der Waals surface area contributed by atoms with Crippen molar-refractivity contribution in [2.75, 3.05) is 0 Å². The summed E-state index contributed by atoms with van der Waals surface area (Å²) in [4.78, 5) is 0. The first-order valence-electron chi connectivity index (χ1n) is 3.57. The van der Waals surface area contributed by atoms with Crippen LogP contribution in [-0.2, 0) is 6.42 Å². The molecule has 2 aromatic rings. The van der Waals surface area contributed by atoms with Crippen LogP contribution in [0.4, 0.5) is 0 Å². The van der Waals surface area contributed by atoms with Crippen molar-refractivity contribution in [1.29, 1.82) is 5.26 Å². The topological polar surface area (TPSA) is 54.0 Å². The number of fused-ring (bicyclic) bond motifs is 1. The SMILES string of the molecule is N#CCc1nnc2ccccn12. The highest BCUT2D eigenvalue weighted by atomic mass is 15.2. The third-order valence-corrected chi connectivity index (χ3v) is 1.62. The van der Waals surface area contributed by atoms with E-state index < -0.39 is 0 Å². The summed E-state index contributed by atoms with van der Waals surface area (Å²) < 4.78 is 1.81. The van der Waals surface area contributed by atoms with E-state index >= 15 is 0 Å². The van der Waals surface area contributed by atoms with Gasteiger partial charge in [-0.15, -0.1) is 10.2 Å². The first kappa shape index (κ1) is 6.80. The van der Waals surface area contributed by atoms with Gasteiger partial charge in [-0.2, -0.15) is 5.26 Å². The first-order chi connectivity index (χ1) is 5.92. The highest BCUT2D eigenvalue weighted by Gasteiger charge is 2.01. The Labute approximate surface area is 69.1 Å². The average Bonchev–Trinajstić information content (AvgIpc) is 2.50. The summed E-state index contributed by atoms with van der Waals surface area (Å²) in [5, 5.41) is 16.2. The van der Waals surface area contributed by atoms with Gasteiger partial charge in [-0.1, -0.05) is 6.07 Å². The van der Waals surface area contributed by atoms with E-state index in [0.29, 0.717) is 12.2 Å². The average molecular weight is 158 g/mol. The van der Waals surface area contributed by atoms with Gasteiger partial charge in [0.05, 0.1) is 12.5 Å². The minimum atomic E-state index is 0.297. The molecule has 12 heavy (non-hydrogen) atoms. The van der Waals surface area contributed by atoms with Gasteiger partial charge in [0.15, 0.2) is 11.5 Å². The predicted octanol–water partition coefficient (Wildman–Crippen LogP) is 0.795. The number of pyridine rings is 1.